The second-order valence-corrected chi connectivity index (χ2v) is 15.3. The summed E-state index contributed by atoms with van der Waals surface area (Å²) in [5.74, 6) is -0.262. The van der Waals surface area contributed by atoms with Crippen LogP contribution in [0.15, 0.2) is 36.4 Å². The van der Waals surface area contributed by atoms with Crippen molar-refractivity contribution < 1.29 is 19.5 Å². The summed E-state index contributed by atoms with van der Waals surface area (Å²) in [5.41, 5.74) is 7.28. The molecule has 4 aromatic rings. The van der Waals surface area contributed by atoms with Crippen LogP contribution in [0.3, 0.4) is 0 Å². The first kappa shape index (κ1) is 35.1. The molecule has 0 saturated heterocycles. The molecule has 1 aliphatic carbocycles. The van der Waals surface area contributed by atoms with Crippen molar-refractivity contribution in [2.75, 3.05) is 25.5 Å². The summed E-state index contributed by atoms with van der Waals surface area (Å²) in [4.78, 5) is 53.1. The minimum absolute atomic E-state index is 0.0767. The predicted octanol–water partition coefficient (Wildman–Crippen LogP) is 5.84. The second kappa shape index (κ2) is 13.7. The summed E-state index contributed by atoms with van der Waals surface area (Å²) >= 11 is 7.02. The van der Waals surface area contributed by atoms with Gasteiger partial charge >= 0.3 is 5.97 Å². The lowest BCUT2D eigenvalue weighted by molar-refractivity contribution is -0.150. The largest absolute Gasteiger partial charge is 0.481 e. The molecule has 0 unspecified atom stereocenters. The standard InChI is InChI=1S/C39H46ClN7O4/c1-23-26(27-10-6-8-24(34(27)40)20-33(48)35-41-29-21-44(3)18-14-31(29)45(35)4)9-7-11-28(23)43-37(49)36-42-30-22-47(19-15-32(30)46(36)5)25-12-16-39(2,17-13-25)38(50)51/h6-11,25H,12-22H2,1-5H3,(H,43,49)(H,50,51). The van der Waals surface area contributed by atoms with Gasteiger partial charge in [-0.25, -0.2) is 9.97 Å². The number of aromatic nitrogens is 4. The number of Topliss-reactive ketones (excluding diaryl/α,β-unsaturated/α-hetero) is 1. The normalized spacial score (nSPS) is 20.9. The van der Waals surface area contributed by atoms with Crippen molar-refractivity contribution in [3.63, 3.8) is 0 Å². The molecule has 2 aliphatic heterocycles. The van der Waals surface area contributed by atoms with Crippen molar-refractivity contribution in [1.82, 2.24) is 28.9 Å². The highest BCUT2D eigenvalue weighted by Crippen LogP contribution is 2.39. The number of benzene rings is 2. The number of carbonyl (C=O) groups is 3. The van der Waals surface area contributed by atoms with Crippen molar-refractivity contribution >= 4 is 34.9 Å². The van der Waals surface area contributed by atoms with Crippen molar-refractivity contribution in [3.8, 4) is 11.1 Å². The van der Waals surface area contributed by atoms with E-state index >= 15 is 0 Å². The quantitative estimate of drug-likeness (QED) is 0.219. The molecule has 7 rings (SSSR count). The summed E-state index contributed by atoms with van der Waals surface area (Å²) in [6.45, 7) is 6.98. The molecule has 3 aliphatic rings. The number of anilines is 1. The molecule has 2 aromatic heterocycles. The Morgan fingerprint density at radius 2 is 1.53 bits per heavy atom. The molecule has 2 aromatic carbocycles. The molecule has 0 atom stereocenters. The SMILES string of the molecule is Cc1c(NC(=O)c2nc3c(n2C)CCN(C2CCC(C)(C(=O)O)CC2)C3)cccc1-c1cccc(CC(=O)c2nc3c(n2C)CCN(C)C3)c1Cl. The fourth-order valence-electron chi connectivity index (χ4n) is 8.21. The number of fused-ring (bicyclic) bond motifs is 2. The summed E-state index contributed by atoms with van der Waals surface area (Å²) in [7, 11) is 5.87. The van der Waals surface area contributed by atoms with Crippen LogP contribution < -0.4 is 5.32 Å². The number of carbonyl (C=O) groups excluding carboxylic acids is 2. The third kappa shape index (κ3) is 6.51. The molecule has 11 nitrogen and oxygen atoms in total. The number of carboxylic acid groups (broad SMARTS) is 1. The molecule has 12 heteroatoms. The first-order valence-electron chi connectivity index (χ1n) is 17.8. The fourth-order valence-corrected chi connectivity index (χ4v) is 8.50. The molecular formula is C39H46ClN7O4. The smallest absolute Gasteiger partial charge is 0.309 e. The number of hydrogen-bond acceptors (Lipinski definition) is 7. The van der Waals surface area contributed by atoms with Crippen LogP contribution >= 0.6 is 11.6 Å². The highest BCUT2D eigenvalue weighted by molar-refractivity contribution is 6.34. The van der Waals surface area contributed by atoms with Gasteiger partial charge in [-0.05, 0) is 69.3 Å². The van der Waals surface area contributed by atoms with Crippen LogP contribution in [-0.4, -0.2) is 77.8 Å². The van der Waals surface area contributed by atoms with E-state index in [1.807, 2.05) is 73.5 Å². The van der Waals surface area contributed by atoms with Crippen LogP contribution in [0.1, 0.15) is 87.7 Å². The van der Waals surface area contributed by atoms with E-state index in [2.05, 4.69) is 22.2 Å². The summed E-state index contributed by atoms with van der Waals surface area (Å²) < 4.78 is 3.83. The molecule has 1 amide bonds. The van der Waals surface area contributed by atoms with Crippen LogP contribution in [-0.2, 0) is 51.2 Å². The number of amides is 1. The topological polar surface area (TPSA) is 126 Å². The molecule has 0 spiro atoms. The average molecular weight is 712 g/mol. The molecule has 1 saturated carbocycles. The van der Waals surface area contributed by atoms with Gasteiger partial charge in [0.2, 0.25) is 5.78 Å². The van der Waals surface area contributed by atoms with E-state index < -0.39 is 11.4 Å². The number of halogens is 1. The number of nitrogens with zero attached hydrogens (tertiary/aromatic N) is 6. The van der Waals surface area contributed by atoms with E-state index in [1.165, 1.54) is 0 Å². The summed E-state index contributed by atoms with van der Waals surface area (Å²) in [5, 5.41) is 13.2. The number of carboxylic acids is 1. The maximum Gasteiger partial charge on any atom is 0.309 e. The maximum atomic E-state index is 13.7. The monoisotopic (exact) mass is 711 g/mol. The molecular weight excluding hydrogens is 666 g/mol. The molecule has 0 bridgehead atoms. The number of likely N-dealkylation sites (N-methyl/N-ethyl adjacent to an activating group) is 1. The van der Waals surface area contributed by atoms with E-state index in [-0.39, 0.29) is 18.1 Å². The van der Waals surface area contributed by atoms with Gasteiger partial charge in [0, 0.05) is 88.2 Å². The van der Waals surface area contributed by atoms with E-state index in [4.69, 9.17) is 21.6 Å². The molecule has 0 radical (unpaired) electrons. The lowest BCUT2D eigenvalue weighted by atomic mass is 9.73. The van der Waals surface area contributed by atoms with Crippen LogP contribution in [0.4, 0.5) is 5.69 Å². The molecule has 51 heavy (non-hydrogen) atoms. The van der Waals surface area contributed by atoms with Crippen LogP contribution in [0, 0.1) is 12.3 Å². The summed E-state index contributed by atoms with van der Waals surface area (Å²) in [6, 6.07) is 11.8. The van der Waals surface area contributed by atoms with Gasteiger partial charge in [0.05, 0.1) is 21.8 Å². The van der Waals surface area contributed by atoms with Crippen molar-refractivity contribution in [2.24, 2.45) is 19.5 Å². The first-order valence-corrected chi connectivity index (χ1v) is 18.2. The van der Waals surface area contributed by atoms with E-state index in [1.54, 1.807) is 0 Å². The van der Waals surface area contributed by atoms with Gasteiger partial charge in [0.25, 0.3) is 5.91 Å². The van der Waals surface area contributed by atoms with Crippen molar-refractivity contribution in [2.45, 2.75) is 77.9 Å². The molecule has 4 heterocycles. The number of aliphatic carboxylic acids is 1. The van der Waals surface area contributed by atoms with Gasteiger partial charge in [-0.15, -0.1) is 0 Å². The Kier molecular flexibility index (Phi) is 9.41. The lowest BCUT2D eigenvalue weighted by Crippen LogP contribution is -2.44. The fraction of sp³-hybridized carbons (Fsp3) is 0.462. The Labute approximate surface area is 303 Å². The highest BCUT2D eigenvalue weighted by Gasteiger charge is 2.40. The number of rotatable bonds is 8. The molecule has 1 fully saturated rings. The van der Waals surface area contributed by atoms with Crippen LogP contribution in [0.2, 0.25) is 5.02 Å². The van der Waals surface area contributed by atoms with E-state index in [0.717, 1.165) is 90.3 Å². The maximum absolute atomic E-state index is 13.7. The molecule has 2 N–H and O–H groups in total. The van der Waals surface area contributed by atoms with Gasteiger partial charge < -0.3 is 24.5 Å². The Balaban J connectivity index is 1.06. The summed E-state index contributed by atoms with van der Waals surface area (Å²) in [6.07, 6.45) is 4.81. The second-order valence-electron chi connectivity index (χ2n) is 14.9. The lowest BCUT2D eigenvalue weighted by Gasteiger charge is -2.41. The minimum Gasteiger partial charge on any atom is -0.481 e. The number of imidazole rings is 2. The number of hydrogen-bond donors (Lipinski definition) is 2. The zero-order valence-corrected chi connectivity index (χ0v) is 30.8. The number of ketones is 1. The Bertz CT molecular complexity index is 2040. The molecule has 268 valence electrons. The number of nitrogens with one attached hydrogen (secondary N) is 1. The third-order valence-corrected chi connectivity index (χ3v) is 12.0. The minimum atomic E-state index is -0.709. The predicted molar refractivity (Wildman–Crippen MR) is 196 cm³/mol. The highest BCUT2D eigenvalue weighted by atomic mass is 35.5. The van der Waals surface area contributed by atoms with Crippen LogP contribution in [0.25, 0.3) is 11.1 Å². The van der Waals surface area contributed by atoms with Gasteiger partial charge in [-0.1, -0.05) is 41.9 Å². The Hall–Kier alpha value is -4.32. The van der Waals surface area contributed by atoms with Gasteiger partial charge in [-0.3, -0.25) is 19.3 Å². The van der Waals surface area contributed by atoms with Crippen molar-refractivity contribution in [1.29, 1.82) is 0 Å². The Morgan fingerprint density at radius 1 is 0.902 bits per heavy atom. The van der Waals surface area contributed by atoms with Gasteiger partial charge in [-0.2, -0.15) is 0 Å². The van der Waals surface area contributed by atoms with Gasteiger partial charge in [0.15, 0.2) is 11.6 Å². The third-order valence-electron chi connectivity index (χ3n) is 11.6. The Morgan fingerprint density at radius 3 is 2.25 bits per heavy atom. The van der Waals surface area contributed by atoms with E-state index in [9.17, 15) is 19.5 Å². The zero-order valence-electron chi connectivity index (χ0n) is 30.1. The average Bonchev–Trinajstić information content (AvgIpc) is 3.62. The zero-order chi connectivity index (χ0) is 36.2. The first-order chi connectivity index (χ1) is 24.3. The van der Waals surface area contributed by atoms with Crippen LogP contribution in [0.5, 0.6) is 0 Å². The van der Waals surface area contributed by atoms with Crippen molar-refractivity contribution in [3.05, 3.63) is 87.0 Å². The van der Waals surface area contributed by atoms with Gasteiger partial charge in [0.1, 0.15) is 0 Å². The van der Waals surface area contributed by atoms with E-state index in [0.29, 0.717) is 47.8 Å².